The van der Waals surface area contributed by atoms with E-state index >= 15 is 0 Å². The van der Waals surface area contributed by atoms with Crippen LogP contribution in [0.4, 0.5) is 0 Å². The molecule has 108 valence electrons. The summed E-state index contributed by atoms with van der Waals surface area (Å²) in [5.41, 5.74) is 0.508. The van der Waals surface area contributed by atoms with Crippen molar-refractivity contribution in [3.63, 3.8) is 0 Å². The first-order valence-corrected chi connectivity index (χ1v) is 7.70. The lowest BCUT2D eigenvalue weighted by Gasteiger charge is -2.39. The van der Waals surface area contributed by atoms with Crippen molar-refractivity contribution in [2.24, 2.45) is 17.3 Å². The SMILES string of the molecule is CC(C)CCOCCNC1CC(C)CC(C)(C)C1. The zero-order chi connectivity index (χ0) is 13.6. The molecule has 0 aliphatic heterocycles. The standard InChI is InChI=1S/C16H33NO/c1-13(2)6-8-18-9-7-17-15-10-14(3)11-16(4,5)12-15/h13-15,17H,6-12H2,1-5H3. The second-order valence-electron chi connectivity index (χ2n) is 7.36. The van der Waals surface area contributed by atoms with Crippen molar-refractivity contribution in [3.8, 4) is 0 Å². The third-order valence-corrected chi connectivity index (χ3v) is 3.91. The molecule has 2 atom stereocenters. The van der Waals surface area contributed by atoms with Gasteiger partial charge in [0, 0.05) is 19.2 Å². The average Bonchev–Trinajstić information content (AvgIpc) is 2.19. The van der Waals surface area contributed by atoms with E-state index in [1.54, 1.807) is 0 Å². The second kappa shape index (κ2) is 7.49. The highest BCUT2D eigenvalue weighted by Crippen LogP contribution is 2.38. The van der Waals surface area contributed by atoms with E-state index in [-0.39, 0.29) is 0 Å². The molecule has 0 aromatic heterocycles. The van der Waals surface area contributed by atoms with Crippen LogP contribution in [-0.4, -0.2) is 25.8 Å². The molecule has 2 nitrogen and oxygen atoms in total. The molecule has 0 aromatic rings. The maximum atomic E-state index is 5.65. The van der Waals surface area contributed by atoms with Gasteiger partial charge in [-0.1, -0.05) is 34.6 Å². The number of hydrogen-bond acceptors (Lipinski definition) is 2. The van der Waals surface area contributed by atoms with Gasteiger partial charge < -0.3 is 10.1 Å². The van der Waals surface area contributed by atoms with Crippen LogP contribution in [-0.2, 0) is 4.74 Å². The van der Waals surface area contributed by atoms with E-state index in [9.17, 15) is 0 Å². The number of hydrogen-bond donors (Lipinski definition) is 1. The Hall–Kier alpha value is -0.0800. The fraction of sp³-hybridized carbons (Fsp3) is 1.00. The topological polar surface area (TPSA) is 21.3 Å². The van der Waals surface area contributed by atoms with Gasteiger partial charge in [-0.05, 0) is 42.9 Å². The van der Waals surface area contributed by atoms with Gasteiger partial charge in [0.2, 0.25) is 0 Å². The van der Waals surface area contributed by atoms with Crippen LogP contribution in [0.15, 0.2) is 0 Å². The Morgan fingerprint density at radius 1 is 1.22 bits per heavy atom. The maximum absolute atomic E-state index is 5.65. The molecule has 0 radical (unpaired) electrons. The van der Waals surface area contributed by atoms with Crippen LogP contribution < -0.4 is 5.32 Å². The lowest BCUT2D eigenvalue weighted by molar-refractivity contribution is 0.110. The molecule has 2 heteroatoms. The van der Waals surface area contributed by atoms with Crippen molar-refractivity contribution in [1.82, 2.24) is 5.32 Å². The van der Waals surface area contributed by atoms with Crippen molar-refractivity contribution in [1.29, 1.82) is 0 Å². The number of nitrogens with one attached hydrogen (secondary N) is 1. The van der Waals surface area contributed by atoms with E-state index in [4.69, 9.17) is 4.74 Å². The van der Waals surface area contributed by atoms with Crippen molar-refractivity contribution < 1.29 is 4.74 Å². The molecule has 1 N–H and O–H groups in total. The molecule has 0 aromatic carbocycles. The van der Waals surface area contributed by atoms with Crippen LogP contribution in [0.2, 0.25) is 0 Å². The first-order chi connectivity index (χ1) is 8.39. The van der Waals surface area contributed by atoms with Gasteiger partial charge in [-0.3, -0.25) is 0 Å². The monoisotopic (exact) mass is 255 g/mol. The summed E-state index contributed by atoms with van der Waals surface area (Å²) < 4.78 is 5.65. The number of ether oxygens (including phenoxy) is 1. The van der Waals surface area contributed by atoms with Gasteiger partial charge in [0.25, 0.3) is 0 Å². The summed E-state index contributed by atoms with van der Waals surface area (Å²) in [6.07, 6.45) is 5.18. The van der Waals surface area contributed by atoms with Crippen LogP contribution in [0.5, 0.6) is 0 Å². The Morgan fingerprint density at radius 3 is 2.56 bits per heavy atom. The quantitative estimate of drug-likeness (QED) is 0.698. The van der Waals surface area contributed by atoms with Crippen LogP contribution in [0.1, 0.15) is 60.3 Å². The minimum Gasteiger partial charge on any atom is -0.380 e. The van der Waals surface area contributed by atoms with Gasteiger partial charge in [0.05, 0.1) is 6.61 Å². The molecule has 1 aliphatic carbocycles. The predicted octanol–water partition coefficient (Wildman–Crippen LogP) is 3.85. The summed E-state index contributed by atoms with van der Waals surface area (Å²) in [4.78, 5) is 0. The van der Waals surface area contributed by atoms with Crippen molar-refractivity contribution in [2.75, 3.05) is 19.8 Å². The molecule has 0 spiro atoms. The largest absolute Gasteiger partial charge is 0.380 e. The highest BCUT2D eigenvalue weighted by molar-refractivity contribution is 4.86. The molecular weight excluding hydrogens is 222 g/mol. The first-order valence-electron chi connectivity index (χ1n) is 7.70. The predicted molar refractivity (Wildman–Crippen MR) is 78.9 cm³/mol. The van der Waals surface area contributed by atoms with E-state index in [0.717, 1.165) is 31.6 Å². The van der Waals surface area contributed by atoms with Crippen molar-refractivity contribution in [2.45, 2.75) is 66.3 Å². The first kappa shape index (κ1) is 16.0. The molecule has 2 unspecified atom stereocenters. The highest BCUT2D eigenvalue weighted by atomic mass is 16.5. The summed E-state index contributed by atoms with van der Waals surface area (Å²) in [7, 11) is 0. The molecule has 18 heavy (non-hydrogen) atoms. The fourth-order valence-corrected chi connectivity index (χ4v) is 3.26. The zero-order valence-electron chi connectivity index (χ0n) is 13.1. The van der Waals surface area contributed by atoms with E-state index in [0.29, 0.717) is 11.5 Å². The Morgan fingerprint density at radius 2 is 1.94 bits per heavy atom. The molecule has 0 heterocycles. The Bertz CT molecular complexity index is 225. The molecule has 0 amide bonds. The van der Waals surface area contributed by atoms with Crippen LogP contribution >= 0.6 is 0 Å². The lowest BCUT2D eigenvalue weighted by Crippen LogP contribution is -2.41. The van der Waals surface area contributed by atoms with Gasteiger partial charge >= 0.3 is 0 Å². The van der Waals surface area contributed by atoms with Gasteiger partial charge in [0.15, 0.2) is 0 Å². The Kier molecular flexibility index (Phi) is 6.65. The summed E-state index contributed by atoms with van der Waals surface area (Å²) in [6.45, 7) is 14.4. The van der Waals surface area contributed by atoms with Crippen LogP contribution in [0.3, 0.4) is 0 Å². The summed E-state index contributed by atoms with van der Waals surface area (Å²) in [5, 5.41) is 3.67. The maximum Gasteiger partial charge on any atom is 0.0591 e. The summed E-state index contributed by atoms with van der Waals surface area (Å²) >= 11 is 0. The molecule has 0 saturated heterocycles. The highest BCUT2D eigenvalue weighted by Gasteiger charge is 2.31. The van der Waals surface area contributed by atoms with E-state index < -0.39 is 0 Å². The third-order valence-electron chi connectivity index (χ3n) is 3.91. The summed E-state index contributed by atoms with van der Waals surface area (Å²) in [6, 6.07) is 0.692. The second-order valence-corrected chi connectivity index (χ2v) is 7.36. The molecule has 0 bridgehead atoms. The average molecular weight is 255 g/mol. The van der Waals surface area contributed by atoms with Crippen molar-refractivity contribution >= 4 is 0 Å². The van der Waals surface area contributed by atoms with Gasteiger partial charge in [-0.25, -0.2) is 0 Å². The van der Waals surface area contributed by atoms with E-state index in [1.165, 1.54) is 25.7 Å². The number of rotatable bonds is 7. The van der Waals surface area contributed by atoms with Crippen LogP contribution in [0.25, 0.3) is 0 Å². The Labute approximate surface area is 114 Å². The summed E-state index contributed by atoms with van der Waals surface area (Å²) in [5.74, 6) is 1.60. The molecule has 1 rings (SSSR count). The van der Waals surface area contributed by atoms with E-state index in [2.05, 4.69) is 39.9 Å². The third kappa shape index (κ3) is 6.75. The van der Waals surface area contributed by atoms with Gasteiger partial charge in [-0.2, -0.15) is 0 Å². The van der Waals surface area contributed by atoms with Gasteiger partial charge in [-0.15, -0.1) is 0 Å². The Balaban J connectivity index is 2.08. The van der Waals surface area contributed by atoms with Crippen LogP contribution in [0, 0.1) is 17.3 Å². The molecule has 1 aliphatic rings. The molecule has 1 saturated carbocycles. The normalized spacial score (nSPS) is 27.7. The minimum atomic E-state index is 0.508. The molecular formula is C16H33NO. The molecule has 1 fully saturated rings. The fourth-order valence-electron chi connectivity index (χ4n) is 3.26. The smallest absolute Gasteiger partial charge is 0.0591 e. The minimum absolute atomic E-state index is 0.508. The van der Waals surface area contributed by atoms with E-state index in [1.807, 2.05) is 0 Å². The lowest BCUT2D eigenvalue weighted by atomic mass is 9.70. The van der Waals surface area contributed by atoms with Gasteiger partial charge in [0.1, 0.15) is 0 Å². The van der Waals surface area contributed by atoms with Crippen molar-refractivity contribution in [3.05, 3.63) is 0 Å². The zero-order valence-corrected chi connectivity index (χ0v) is 13.1.